The van der Waals surface area contributed by atoms with E-state index in [0.29, 0.717) is 37.1 Å². The predicted octanol–water partition coefficient (Wildman–Crippen LogP) is 4.84. The van der Waals surface area contributed by atoms with Crippen molar-refractivity contribution in [2.75, 3.05) is 18.5 Å². The maximum atomic E-state index is 8.14. The molecule has 1 heterocycles. The van der Waals surface area contributed by atoms with Crippen LogP contribution in [0.5, 0.6) is 11.5 Å². The molecular formula is C27H35ClN6O3. The molecule has 0 aliphatic rings. The van der Waals surface area contributed by atoms with Gasteiger partial charge in [0, 0.05) is 29.6 Å². The zero-order valence-corrected chi connectivity index (χ0v) is 22.4. The van der Waals surface area contributed by atoms with E-state index >= 15 is 0 Å². The average molecular weight is 527 g/mol. The number of oxime groups is 1. The Labute approximate surface area is 224 Å². The van der Waals surface area contributed by atoms with Crippen LogP contribution in [-0.4, -0.2) is 29.9 Å². The molecule has 2 aromatic carbocycles. The fourth-order valence-corrected chi connectivity index (χ4v) is 3.61. The first kappa shape index (κ1) is 29.3. The highest BCUT2D eigenvalue weighted by Crippen LogP contribution is 2.31. The summed E-state index contributed by atoms with van der Waals surface area (Å²) < 4.78 is 11.9. The van der Waals surface area contributed by atoms with Crippen molar-refractivity contribution in [3.8, 4) is 11.5 Å². The maximum Gasteiger partial charge on any atom is 0.180 e. The second-order valence-electron chi connectivity index (χ2n) is 8.11. The highest BCUT2D eigenvalue weighted by molar-refractivity contribution is 5.97. The largest absolute Gasteiger partial charge is 0.494 e. The lowest BCUT2D eigenvalue weighted by molar-refractivity contribution is 0.158. The average Bonchev–Trinajstić information content (AvgIpc) is 2.87. The first-order valence-corrected chi connectivity index (χ1v) is 11.8. The Bertz CT molecular complexity index is 1220. The van der Waals surface area contributed by atoms with E-state index in [1.54, 1.807) is 0 Å². The summed E-state index contributed by atoms with van der Waals surface area (Å²) in [6, 6.07) is 15.0. The number of nitrogens with zero attached hydrogens (tertiary/aromatic N) is 2. The SMILES string of the molecule is CCON=C(N)c1ccc(NCc2cnc(C)c(OC(C(=N)N)c3cccc(OCC)c3)c2C)cc1.Cl. The van der Waals surface area contributed by atoms with Crippen molar-refractivity contribution in [2.24, 2.45) is 16.6 Å². The molecule has 198 valence electrons. The van der Waals surface area contributed by atoms with E-state index in [0.717, 1.165) is 33.6 Å². The van der Waals surface area contributed by atoms with Crippen LogP contribution in [-0.2, 0) is 11.4 Å². The Morgan fingerprint density at radius 2 is 1.81 bits per heavy atom. The molecule has 0 saturated heterocycles. The van der Waals surface area contributed by atoms with Crippen molar-refractivity contribution in [3.63, 3.8) is 0 Å². The number of hydrogen-bond donors (Lipinski definition) is 4. The van der Waals surface area contributed by atoms with Crippen LogP contribution in [0.25, 0.3) is 0 Å². The number of benzene rings is 2. The monoisotopic (exact) mass is 526 g/mol. The molecule has 10 heteroatoms. The molecule has 0 radical (unpaired) electrons. The van der Waals surface area contributed by atoms with Gasteiger partial charge in [-0.05, 0) is 75.2 Å². The van der Waals surface area contributed by atoms with Crippen LogP contribution in [0, 0.1) is 19.3 Å². The van der Waals surface area contributed by atoms with Crippen LogP contribution in [0.2, 0.25) is 0 Å². The van der Waals surface area contributed by atoms with Gasteiger partial charge in [0.2, 0.25) is 0 Å². The Kier molecular flexibility index (Phi) is 11.0. The van der Waals surface area contributed by atoms with E-state index in [9.17, 15) is 0 Å². The summed E-state index contributed by atoms with van der Waals surface area (Å²) in [6.07, 6.45) is 1.06. The summed E-state index contributed by atoms with van der Waals surface area (Å²) >= 11 is 0. The van der Waals surface area contributed by atoms with Crippen molar-refractivity contribution in [1.82, 2.24) is 4.98 Å². The van der Waals surface area contributed by atoms with Crippen LogP contribution in [0.4, 0.5) is 5.69 Å². The van der Waals surface area contributed by atoms with Gasteiger partial charge in [-0.25, -0.2) is 0 Å². The molecule has 0 bridgehead atoms. The van der Waals surface area contributed by atoms with Gasteiger partial charge in [-0.3, -0.25) is 10.4 Å². The minimum Gasteiger partial charge on any atom is -0.494 e. The Hall–Kier alpha value is -3.98. The van der Waals surface area contributed by atoms with Gasteiger partial charge in [0.1, 0.15) is 23.9 Å². The Morgan fingerprint density at radius 3 is 2.46 bits per heavy atom. The number of hydrogen-bond acceptors (Lipinski definition) is 7. The molecule has 9 nitrogen and oxygen atoms in total. The van der Waals surface area contributed by atoms with Crippen LogP contribution in [0.3, 0.4) is 0 Å². The fraction of sp³-hybridized carbons (Fsp3) is 0.296. The molecule has 0 fully saturated rings. The van der Waals surface area contributed by atoms with Gasteiger partial charge in [0.25, 0.3) is 0 Å². The summed E-state index contributed by atoms with van der Waals surface area (Å²) in [4.78, 5) is 9.53. The van der Waals surface area contributed by atoms with Gasteiger partial charge in [-0.2, -0.15) is 0 Å². The standard InChI is InChI=1S/C27H34N6O3.ClH/c1-5-34-23-9-7-8-20(14-23)25(26(28)29)36-24-17(3)21(15-31-18(24)4)16-32-22-12-10-19(11-13-22)27(30)33-35-6-2;/h7-15,25,32H,5-6,16H2,1-4H3,(H3,28,29)(H2,30,33);1H. The molecule has 3 aromatic rings. The summed E-state index contributed by atoms with van der Waals surface area (Å²) in [5.41, 5.74) is 16.9. The van der Waals surface area contributed by atoms with Gasteiger partial charge < -0.3 is 31.1 Å². The molecule has 0 saturated carbocycles. The second kappa shape index (κ2) is 13.9. The molecular weight excluding hydrogens is 492 g/mol. The van der Waals surface area contributed by atoms with E-state index < -0.39 is 6.10 Å². The number of halogens is 1. The fourth-order valence-electron chi connectivity index (χ4n) is 3.61. The Morgan fingerprint density at radius 1 is 1.08 bits per heavy atom. The molecule has 0 spiro atoms. The van der Waals surface area contributed by atoms with Crippen LogP contribution in [0.1, 0.15) is 47.9 Å². The summed E-state index contributed by atoms with van der Waals surface area (Å²) in [7, 11) is 0. The van der Waals surface area contributed by atoms with Gasteiger partial charge in [-0.1, -0.05) is 17.3 Å². The number of anilines is 1. The summed E-state index contributed by atoms with van der Waals surface area (Å²) in [6.45, 7) is 9.16. The molecule has 1 atom stereocenters. The third kappa shape index (κ3) is 7.75. The summed E-state index contributed by atoms with van der Waals surface area (Å²) in [5.74, 6) is 1.53. The molecule has 37 heavy (non-hydrogen) atoms. The number of nitrogens with two attached hydrogens (primary N) is 2. The second-order valence-corrected chi connectivity index (χ2v) is 8.11. The van der Waals surface area contributed by atoms with Crippen molar-refractivity contribution in [3.05, 3.63) is 82.7 Å². The highest BCUT2D eigenvalue weighted by Gasteiger charge is 2.21. The number of pyridine rings is 1. The number of aromatic nitrogens is 1. The predicted molar refractivity (Wildman–Crippen MR) is 150 cm³/mol. The third-order valence-corrected chi connectivity index (χ3v) is 5.51. The van der Waals surface area contributed by atoms with Crippen molar-refractivity contribution < 1.29 is 14.3 Å². The van der Waals surface area contributed by atoms with Gasteiger partial charge in [0.05, 0.1) is 12.3 Å². The first-order valence-electron chi connectivity index (χ1n) is 11.8. The van der Waals surface area contributed by atoms with E-state index in [1.165, 1.54) is 0 Å². The zero-order valence-electron chi connectivity index (χ0n) is 21.6. The minimum atomic E-state index is -0.760. The number of aryl methyl sites for hydroxylation is 1. The van der Waals surface area contributed by atoms with Crippen LogP contribution >= 0.6 is 12.4 Å². The first-order chi connectivity index (χ1) is 17.3. The normalized spacial score (nSPS) is 11.7. The lowest BCUT2D eigenvalue weighted by atomic mass is 10.1. The van der Waals surface area contributed by atoms with Crippen molar-refractivity contribution >= 4 is 29.8 Å². The van der Waals surface area contributed by atoms with Crippen LogP contribution in [0.15, 0.2) is 59.9 Å². The van der Waals surface area contributed by atoms with Crippen molar-refractivity contribution in [2.45, 2.75) is 40.3 Å². The zero-order chi connectivity index (χ0) is 26.1. The maximum absolute atomic E-state index is 8.14. The quantitative estimate of drug-likeness (QED) is 0.150. The van der Waals surface area contributed by atoms with Gasteiger partial charge in [0.15, 0.2) is 11.9 Å². The molecule has 1 unspecified atom stereocenters. The molecule has 3 rings (SSSR count). The molecule has 1 aromatic heterocycles. The highest BCUT2D eigenvalue weighted by atomic mass is 35.5. The lowest BCUT2D eigenvalue weighted by Gasteiger charge is -2.22. The van der Waals surface area contributed by atoms with E-state index in [-0.39, 0.29) is 18.2 Å². The number of ether oxygens (including phenoxy) is 2. The summed E-state index contributed by atoms with van der Waals surface area (Å²) in [5, 5.41) is 15.4. The molecule has 0 aliphatic carbocycles. The minimum absolute atomic E-state index is 0. The smallest absolute Gasteiger partial charge is 0.180 e. The molecule has 0 aliphatic heterocycles. The van der Waals surface area contributed by atoms with E-state index in [4.69, 9.17) is 31.2 Å². The third-order valence-electron chi connectivity index (χ3n) is 5.51. The van der Waals surface area contributed by atoms with Gasteiger partial charge in [-0.15, -0.1) is 12.4 Å². The number of amidine groups is 2. The number of nitrogens with one attached hydrogen (secondary N) is 2. The Balaban J connectivity index is 0.00000481. The van der Waals surface area contributed by atoms with Gasteiger partial charge >= 0.3 is 0 Å². The molecule has 0 amide bonds. The molecule has 6 N–H and O–H groups in total. The van der Waals surface area contributed by atoms with E-state index in [2.05, 4.69) is 15.5 Å². The van der Waals surface area contributed by atoms with E-state index in [1.807, 2.05) is 82.4 Å². The lowest BCUT2D eigenvalue weighted by Crippen LogP contribution is -2.26. The van der Waals surface area contributed by atoms with Crippen LogP contribution < -0.4 is 26.3 Å². The topological polar surface area (TPSA) is 141 Å². The van der Waals surface area contributed by atoms with Crippen molar-refractivity contribution in [1.29, 1.82) is 5.41 Å². The number of rotatable bonds is 12.